The van der Waals surface area contributed by atoms with Crippen molar-refractivity contribution in [3.8, 4) is 5.75 Å². The summed E-state index contributed by atoms with van der Waals surface area (Å²) >= 11 is 0. The molecular formula is C18H22N2O. The summed E-state index contributed by atoms with van der Waals surface area (Å²) in [5.74, 6) is 0.925. The highest BCUT2D eigenvalue weighted by Crippen LogP contribution is 2.32. The maximum atomic E-state index is 5.93. The van der Waals surface area contributed by atoms with Crippen LogP contribution in [0.2, 0.25) is 0 Å². The van der Waals surface area contributed by atoms with Gasteiger partial charge in [0.1, 0.15) is 12.4 Å². The first-order valence-electron chi connectivity index (χ1n) is 7.52. The van der Waals surface area contributed by atoms with Gasteiger partial charge in [0.2, 0.25) is 0 Å². The van der Waals surface area contributed by atoms with E-state index in [0.29, 0.717) is 6.61 Å². The van der Waals surface area contributed by atoms with Crippen LogP contribution in [0.1, 0.15) is 18.1 Å². The summed E-state index contributed by atoms with van der Waals surface area (Å²) in [4.78, 5) is 2.36. The van der Waals surface area contributed by atoms with E-state index >= 15 is 0 Å². The van der Waals surface area contributed by atoms with Gasteiger partial charge in [-0.05, 0) is 30.5 Å². The molecule has 0 radical (unpaired) electrons. The van der Waals surface area contributed by atoms with Gasteiger partial charge in [0, 0.05) is 30.9 Å². The lowest BCUT2D eigenvalue weighted by molar-refractivity contribution is 0.306. The Morgan fingerprint density at radius 3 is 2.76 bits per heavy atom. The average Bonchev–Trinajstić information content (AvgIpc) is 2.88. The number of ether oxygens (including phenoxy) is 1. The summed E-state index contributed by atoms with van der Waals surface area (Å²) in [6, 6.07) is 16.8. The van der Waals surface area contributed by atoms with Crippen LogP contribution in [0.5, 0.6) is 5.75 Å². The van der Waals surface area contributed by atoms with E-state index in [4.69, 9.17) is 10.5 Å². The maximum Gasteiger partial charge on any atom is 0.121 e. The van der Waals surface area contributed by atoms with Crippen LogP contribution in [0.3, 0.4) is 0 Å². The van der Waals surface area contributed by atoms with Gasteiger partial charge in [-0.2, -0.15) is 0 Å². The molecule has 1 aliphatic rings. The van der Waals surface area contributed by atoms with Crippen LogP contribution >= 0.6 is 0 Å². The normalized spacial score (nSPS) is 14.9. The number of hydrogen-bond donors (Lipinski definition) is 1. The van der Waals surface area contributed by atoms with Crippen molar-refractivity contribution >= 4 is 5.69 Å². The van der Waals surface area contributed by atoms with E-state index < -0.39 is 0 Å². The van der Waals surface area contributed by atoms with Gasteiger partial charge in [0.25, 0.3) is 0 Å². The molecule has 0 aromatic heterocycles. The first-order valence-corrected chi connectivity index (χ1v) is 7.52. The zero-order valence-electron chi connectivity index (χ0n) is 12.5. The predicted molar refractivity (Wildman–Crippen MR) is 86.8 cm³/mol. The van der Waals surface area contributed by atoms with Crippen molar-refractivity contribution in [3.05, 3.63) is 59.7 Å². The first kappa shape index (κ1) is 14.0. The molecule has 1 unspecified atom stereocenters. The van der Waals surface area contributed by atoms with Gasteiger partial charge in [0.05, 0.1) is 0 Å². The number of rotatable bonds is 5. The van der Waals surface area contributed by atoms with Crippen molar-refractivity contribution in [2.45, 2.75) is 26.0 Å². The summed E-state index contributed by atoms with van der Waals surface area (Å²) in [6.45, 7) is 4.61. The molecule has 0 aliphatic carbocycles. The number of anilines is 1. The van der Waals surface area contributed by atoms with Gasteiger partial charge >= 0.3 is 0 Å². The molecule has 3 nitrogen and oxygen atoms in total. The Morgan fingerprint density at radius 2 is 2.00 bits per heavy atom. The van der Waals surface area contributed by atoms with Crippen LogP contribution in [0.25, 0.3) is 0 Å². The Labute approximate surface area is 126 Å². The molecule has 1 atom stereocenters. The van der Waals surface area contributed by atoms with Crippen LogP contribution in [-0.4, -0.2) is 19.1 Å². The van der Waals surface area contributed by atoms with Crippen LogP contribution < -0.4 is 15.4 Å². The number of nitrogens with zero attached hydrogens (tertiary/aromatic N) is 1. The van der Waals surface area contributed by atoms with Gasteiger partial charge in [-0.3, -0.25) is 0 Å². The topological polar surface area (TPSA) is 38.5 Å². The van der Waals surface area contributed by atoms with E-state index in [1.807, 2.05) is 25.1 Å². The fraction of sp³-hybridized carbons (Fsp3) is 0.333. The summed E-state index contributed by atoms with van der Waals surface area (Å²) in [5.41, 5.74) is 9.78. The fourth-order valence-corrected chi connectivity index (χ4v) is 2.79. The minimum atomic E-state index is 0.185. The maximum absolute atomic E-state index is 5.93. The third-order valence-electron chi connectivity index (χ3n) is 3.81. The van der Waals surface area contributed by atoms with Crippen molar-refractivity contribution in [2.24, 2.45) is 5.73 Å². The van der Waals surface area contributed by atoms with Crippen molar-refractivity contribution in [1.82, 2.24) is 0 Å². The van der Waals surface area contributed by atoms with E-state index in [1.54, 1.807) is 0 Å². The zero-order valence-corrected chi connectivity index (χ0v) is 12.5. The lowest BCUT2D eigenvalue weighted by Crippen LogP contribution is -2.34. The fourth-order valence-electron chi connectivity index (χ4n) is 2.79. The van der Waals surface area contributed by atoms with E-state index in [9.17, 15) is 0 Å². The van der Waals surface area contributed by atoms with Crippen molar-refractivity contribution in [3.63, 3.8) is 0 Å². The first-order chi connectivity index (χ1) is 10.2. The molecule has 0 spiro atoms. The zero-order chi connectivity index (χ0) is 14.7. The minimum absolute atomic E-state index is 0.185. The lowest BCUT2D eigenvalue weighted by atomic mass is 10.1. The van der Waals surface area contributed by atoms with Gasteiger partial charge in [-0.25, -0.2) is 0 Å². The standard InChI is InChI=1S/C18H22N2O/c1-14(19)12-20-10-9-16-7-8-17(11-18(16)20)21-13-15-5-3-2-4-6-15/h2-8,11,14H,9-10,12-13,19H2,1H3. The third-order valence-corrected chi connectivity index (χ3v) is 3.81. The predicted octanol–water partition coefficient (Wildman–Crippen LogP) is 2.98. The molecule has 0 amide bonds. The Kier molecular flexibility index (Phi) is 4.11. The SMILES string of the molecule is CC(N)CN1CCc2ccc(OCc3ccccc3)cc21. The smallest absolute Gasteiger partial charge is 0.121 e. The summed E-state index contributed by atoms with van der Waals surface area (Å²) < 4.78 is 5.91. The highest BCUT2D eigenvalue weighted by molar-refractivity contribution is 5.61. The number of benzene rings is 2. The van der Waals surface area contributed by atoms with Gasteiger partial charge in [0.15, 0.2) is 0 Å². The second-order valence-corrected chi connectivity index (χ2v) is 5.74. The van der Waals surface area contributed by atoms with Gasteiger partial charge < -0.3 is 15.4 Å². The lowest BCUT2D eigenvalue weighted by Gasteiger charge is -2.22. The molecule has 2 N–H and O–H groups in total. The Hall–Kier alpha value is -2.00. The molecule has 110 valence electrons. The van der Waals surface area contributed by atoms with E-state index in [-0.39, 0.29) is 6.04 Å². The number of hydrogen-bond acceptors (Lipinski definition) is 3. The second kappa shape index (κ2) is 6.19. The highest BCUT2D eigenvalue weighted by atomic mass is 16.5. The monoisotopic (exact) mass is 282 g/mol. The van der Waals surface area contributed by atoms with Crippen molar-refractivity contribution < 1.29 is 4.74 Å². The number of nitrogens with two attached hydrogens (primary N) is 1. The molecule has 2 aromatic rings. The molecule has 1 heterocycles. The molecular weight excluding hydrogens is 260 g/mol. The van der Waals surface area contributed by atoms with Crippen LogP contribution in [-0.2, 0) is 13.0 Å². The van der Waals surface area contributed by atoms with Crippen molar-refractivity contribution in [2.75, 3.05) is 18.0 Å². The quantitative estimate of drug-likeness (QED) is 0.916. The molecule has 3 heteroatoms. The molecule has 21 heavy (non-hydrogen) atoms. The van der Waals surface area contributed by atoms with E-state index in [0.717, 1.165) is 25.3 Å². The van der Waals surface area contributed by atoms with Gasteiger partial charge in [-0.15, -0.1) is 0 Å². The van der Waals surface area contributed by atoms with E-state index in [2.05, 4.69) is 35.2 Å². The van der Waals surface area contributed by atoms with Crippen LogP contribution in [0.15, 0.2) is 48.5 Å². The molecule has 2 aromatic carbocycles. The molecule has 0 saturated carbocycles. The Balaban J connectivity index is 1.70. The number of fused-ring (bicyclic) bond motifs is 1. The summed E-state index contributed by atoms with van der Waals surface area (Å²) in [5, 5.41) is 0. The molecule has 0 bridgehead atoms. The second-order valence-electron chi connectivity index (χ2n) is 5.74. The largest absolute Gasteiger partial charge is 0.489 e. The molecule has 0 fully saturated rings. The van der Waals surface area contributed by atoms with Crippen molar-refractivity contribution in [1.29, 1.82) is 0 Å². The minimum Gasteiger partial charge on any atom is -0.489 e. The molecule has 0 saturated heterocycles. The Bertz CT molecular complexity index is 595. The van der Waals surface area contributed by atoms with Crippen LogP contribution in [0.4, 0.5) is 5.69 Å². The summed E-state index contributed by atoms with van der Waals surface area (Å²) in [7, 11) is 0. The van der Waals surface area contributed by atoms with Crippen LogP contribution in [0, 0.1) is 0 Å². The highest BCUT2D eigenvalue weighted by Gasteiger charge is 2.20. The average molecular weight is 282 g/mol. The summed E-state index contributed by atoms with van der Waals surface area (Å²) in [6.07, 6.45) is 1.10. The van der Waals surface area contributed by atoms with E-state index in [1.165, 1.54) is 16.8 Å². The molecule has 1 aliphatic heterocycles. The Morgan fingerprint density at radius 1 is 1.19 bits per heavy atom. The third kappa shape index (κ3) is 3.37. The molecule has 3 rings (SSSR count). The van der Waals surface area contributed by atoms with Gasteiger partial charge in [-0.1, -0.05) is 36.4 Å².